The van der Waals surface area contributed by atoms with Crippen LogP contribution in [0.25, 0.3) is 16.5 Å². The second kappa shape index (κ2) is 10.5. The predicted molar refractivity (Wildman–Crippen MR) is 112 cm³/mol. The van der Waals surface area contributed by atoms with Crippen molar-refractivity contribution in [1.82, 2.24) is 4.98 Å². The number of aryl methyl sites for hydroxylation is 1. The fraction of sp³-hybridized carbons (Fsp3) is 0.333. The van der Waals surface area contributed by atoms with Crippen molar-refractivity contribution in [3.8, 4) is 6.07 Å². The molecule has 0 spiro atoms. The highest BCUT2D eigenvalue weighted by atomic mass is 32.2. The number of nitriles is 1. The third-order valence-corrected chi connectivity index (χ3v) is 4.95. The van der Waals surface area contributed by atoms with E-state index in [0.29, 0.717) is 11.1 Å². The zero-order valence-electron chi connectivity index (χ0n) is 16.5. The van der Waals surface area contributed by atoms with Gasteiger partial charge in [0.15, 0.2) is 0 Å². The molecule has 0 atom stereocenters. The topological polar surface area (TPSA) is 110 Å². The maximum Gasteiger partial charge on any atom is 0.340 e. The number of aromatic nitrogens is 1. The number of aliphatic hydroxyl groups is 1. The Bertz CT molecular complexity index is 994. The first kappa shape index (κ1) is 22.2. The van der Waals surface area contributed by atoms with Crippen molar-refractivity contribution in [2.45, 2.75) is 20.8 Å². The summed E-state index contributed by atoms with van der Waals surface area (Å²) in [6.07, 6.45) is 0. The van der Waals surface area contributed by atoms with E-state index in [1.807, 2.05) is 18.2 Å². The van der Waals surface area contributed by atoms with Crippen LogP contribution in [0, 0.1) is 18.3 Å². The first-order chi connectivity index (χ1) is 13.9. The number of hydrogen-bond donors (Lipinski definition) is 1. The minimum absolute atomic E-state index is 0.00245. The Morgan fingerprint density at radius 3 is 2.52 bits per heavy atom. The summed E-state index contributed by atoms with van der Waals surface area (Å²) < 4.78 is 9.99. The first-order valence-corrected chi connectivity index (χ1v) is 10.2. The number of esters is 2. The summed E-state index contributed by atoms with van der Waals surface area (Å²) in [4.78, 5) is 28.5. The number of pyridine rings is 1. The Morgan fingerprint density at radius 1 is 1.17 bits per heavy atom. The predicted octanol–water partition coefficient (Wildman–Crippen LogP) is 3.81. The molecule has 1 aromatic carbocycles. The van der Waals surface area contributed by atoms with Crippen LogP contribution < -0.4 is 0 Å². The molecule has 2 rings (SSSR count). The lowest BCUT2D eigenvalue weighted by Crippen LogP contribution is -2.13. The molecule has 0 fully saturated rings. The van der Waals surface area contributed by atoms with E-state index in [9.17, 15) is 20.0 Å². The average Bonchev–Trinajstić information content (AvgIpc) is 2.69. The third-order valence-electron chi connectivity index (χ3n) is 4.03. The molecule has 7 nitrogen and oxygen atoms in total. The molecule has 1 aromatic heterocycles. The molecule has 1 heterocycles. The van der Waals surface area contributed by atoms with Crippen molar-refractivity contribution >= 4 is 40.2 Å². The summed E-state index contributed by atoms with van der Waals surface area (Å²) in [7, 11) is 0. The van der Waals surface area contributed by atoms with Crippen molar-refractivity contribution in [3.63, 3.8) is 0 Å². The van der Waals surface area contributed by atoms with Gasteiger partial charge in [-0.2, -0.15) is 5.26 Å². The van der Waals surface area contributed by atoms with E-state index in [1.165, 1.54) is 0 Å². The van der Waals surface area contributed by atoms with Crippen molar-refractivity contribution in [2.24, 2.45) is 0 Å². The van der Waals surface area contributed by atoms with Gasteiger partial charge in [0.2, 0.25) is 0 Å². The molecule has 152 valence electrons. The van der Waals surface area contributed by atoms with Gasteiger partial charge in [-0.05, 0) is 32.4 Å². The molecule has 29 heavy (non-hydrogen) atoms. The number of hydrogen-bond acceptors (Lipinski definition) is 8. The standard InChI is InChI=1S/C21H22N2O5S/c1-4-27-18(25)12-29-11-17(24)15(10-22)20-19(21(26)28-5-2)13(3)14-8-6-7-9-16(14)23-20/h6-9,24H,4-5,11-12H2,1-3H3/b17-15-. The van der Waals surface area contributed by atoms with E-state index in [-0.39, 0.29) is 47.3 Å². The molecule has 0 bridgehead atoms. The molecule has 1 N–H and O–H groups in total. The van der Waals surface area contributed by atoms with Crippen molar-refractivity contribution in [2.75, 3.05) is 24.7 Å². The number of ether oxygens (including phenoxy) is 2. The highest BCUT2D eigenvalue weighted by Gasteiger charge is 2.24. The number of allylic oxidation sites excluding steroid dienone is 1. The van der Waals surface area contributed by atoms with Crippen LogP contribution in [0.5, 0.6) is 0 Å². The number of aliphatic hydroxyl groups excluding tert-OH is 1. The molecule has 0 aliphatic carbocycles. The number of fused-ring (bicyclic) bond motifs is 1. The van der Waals surface area contributed by atoms with Crippen LogP contribution in [0.2, 0.25) is 0 Å². The highest BCUT2D eigenvalue weighted by Crippen LogP contribution is 2.29. The van der Waals surface area contributed by atoms with Crippen LogP contribution in [0.1, 0.15) is 35.5 Å². The number of benzene rings is 1. The van der Waals surface area contributed by atoms with E-state index >= 15 is 0 Å². The molecule has 0 radical (unpaired) electrons. The van der Waals surface area contributed by atoms with Gasteiger partial charge in [-0.25, -0.2) is 9.78 Å². The molecule has 0 saturated heterocycles. The fourth-order valence-corrected chi connectivity index (χ4v) is 3.46. The van der Waals surface area contributed by atoms with Crippen molar-refractivity contribution < 1.29 is 24.2 Å². The lowest BCUT2D eigenvalue weighted by molar-refractivity contribution is -0.139. The summed E-state index contributed by atoms with van der Waals surface area (Å²) in [6, 6.07) is 9.16. The number of carbonyl (C=O) groups excluding carboxylic acids is 2. The largest absolute Gasteiger partial charge is 0.510 e. The summed E-state index contributed by atoms with van der Waals surface area (Å²) in [5.74, 6) is -1.26. The molecule has 0 amide bonds. The van der Waals surface area contributed by atoms with Gasteiger partial charge in [-0.1, -0.05) is 18.2 Å². The second-order valence-electron chi connectivity index (χ2n) is 5.93. The fourth-order valence-electron chi connectivity index (χ4n) is 2.77. The van der Waals surface area contributed by atoms with Crippen LogP contribution in [0.4, 0.5) is 0 Å². The first-order valence-electron chi connectivity index (χ1n) is 9.06. The molecule has 0 aliphatic heterocycles. The number of thioether (sulfide) groups is 1. The number of rotatable bonds is 8. The maximum atomic E-state index is 12.6. The SMILES string of the molecule is CCOC(=O)CSC/C(O)=C(\C#N)c1nc2ccccc2c(C)c1C(=O)OCC. The Kier molecular flexibility index (Phi) is 8.04. The van der Waals surface area contributed by atoms with Gasteiger partial charge in [-0.3, -0.25) is 4.79 Å². The van der Waals surface area contributed by atoms with E-state index in [2.05, 4.69) is 4.98 Å². The van der Waals surface area contributed by atoms with Crippen molar-refractivity contribution in [1.29, 1.82) is 5.26 Å². The third kappa shape index (κ3) is 5.27. The van der Waals surface area contributed by atoms with E-state index in [0.717, 1.165) is 17.1 Å². The summed E-state index contributed by atoms with van der Waals surface area (Å²) in [6.45, 7) is 5.58. The van der Waals surface area contributed by atoms with Crippen LogP contribution in [0.15, 0.2) is 30.0 Å². The average molecular weight is 414 g/mol. The number of nitrogens with zero attached hydrogens (tertiary/aromatic N) is 2. The van der Waals surface area contributed by atoms with E-state index in [4.69, 9.17) is 9.47 Å². The van der Waals surface area contributed by atoms with E-state index < -0.39 is 11.9 Å². The number of carbonyl (C=O) groups is 2. The molecule has 0 aliphatic rings. The summed E-state index contributed by atoms with van der Waals surface area (Å²) >= 11 is 1.10. The van der Waals surface area contributed by atoms with Crippen molar-refractivity contribution in [3.05, 3.63) is 46.8 Å². The Labute approximate surface area is 173 Å². The molecular weight excluding hydrogens is 392 g/mol. The minimum Gasteiger partial charge on any atom is -0.510 e. The van der Waals surface area contributed by atoms with Gasteiger partial charge in [0.05, 0.1) is 41.5 Å². The molecule has 0 unspecified atom stereocenters. The quantitative estimate of drug-likeness (QED) is 0.394. The summed E-state index contributed by atoms with van der Waals surface area (Å²) in [5, 5.41) is 20.9. The maximum absolute atomic E-state index is 12.6. The van der Waals surface area contributed by atoms with Crippen LogP contribution >= 0.6 is 11.8 Å². The van der Waals surface area contributed by atoms with E-state index in [1.54, 1.807) is 32.9 Å². The molecule has 0 saturated carbocycles. The normalized spacial score (nSPS) is 11.5. The van der Waals surface area contributed by atoms with Gasteiger partial charge in [0.1, 0.15) is 17.4 Å². The zero-order valence-corrected chi connectivity index (χ0v) is 17.3. The second-order valence-corrected chi connectivity index (χ2v) is 6.91. The summed E-state index contributed by atoms with van der Waals surface area (Å²) in [5.41, 5.74) is 1.29. The molecule has 2 aromatic rings. The minimum atomic E-state index is -0.613. The Hall–Kier alpha value is -3.05. The van der Waals surface area contributed by atoms with Gasteiger partial charge in [-0.15, -0.1) is 11.8 Å². The lowest BCUT2D eigenvalue weighted by Gasteiger charge is -2.14. The van der Waals surface area contributed by atoms with Crippen LogP contribution in [0.3, 0.4) is 0 Å². The zero-order chi connectivity index (χ0) is 21.4. The van der Waals surface area contributed by atoms with Gasteiger partial charge < -0.3 is 14.6 Å². The lowest BCUT2D eigenvalue weighted by atomic mass is 9.97. The van der Waals surface area contributed by atoms with Crippen LogP contribution in [-0.2, 0) is 14.3 Å². The molecule has 8 heteroatoms. The van der Waals surface area contributed by atoms with Gasteiger partial charge >= 0.3 is 11.9 Å². The Balaban J connectivity index is 2.52. The highest BCUT2D eigenvalue weighted by molar-refractivity contribution is 8.00. The smallest absolute Gasteiger partial charge is 0.340 e. The Morgan fingerprint density at radius 2 is 1.86 bits per heavy atom. The van der Waals surface area contributed by atoms with Crippen LogP contribution in [-0.4, -0.2) is 46.7 Å². The molecular formula is C21H22N2O5S. The monoisotopic (exact) mass is 414 g/mol. The number of para-hydroxylation sites is 1. The van der Waals surface area contributed by atoms with Gasteiger partial charge in [0.25, 0.3) is 0 Å². The van der Waals surface area contributed by atoms with Gasteiger partial charge in [0, 0.05) is 5.39 Å².